The van der Waals surface area contributed by atoms with Crippen molar-refractivity contribution in [3.63, 3.8) is 0 Å². The number of benzene rings is 1. The van der Waals surface area contributed by atoms with Crippen LogP contribution in [-0.2, 0) is 14.8 Å². The average Bonchev–Trinajstić information content (AvgIpc) is 2.55. The first-order valence-corrected chi connectivity index (χ1v) is 9.44. The highest BCUT2D eigenvalue weighted by atomic mass is 32.2. The highest BCUT2D eigenvalue weighted by Crippen LogP contribution is 2.38. The second-order valence-corrected chi connectivity index (χ2v) is 8.17. The maximum absolute atomic E-state index is 12.6. The van der Waals surface area contributed by atoms with E-state index in [0.29, 0.717) is 30.1 Å². The van der Waals surface area contributed by atoms with E-state index in [9.17, 15) is 13.2 Å². The Bertz CT molecular complexity index is 698. The molecule has 1 aliphatic heterocycles. The number of hydrogen-bond acceptors (Lipinski definition) is 4. The molecular formula is C16H24N2O4S. The fourth-order valence-electron chi connectivity index (χ4n) is 2.52. The molecule has 0 radical (unpaired) electrons. The molecule has 2 rings (SSSR count). The normalized spacial score (nSPS) is 17.2. The number of sulfonamides is 1. The number of fused-ring (bicyclic) bond motifs is 1. The summed E-state index contributed by atoms with van der Waals surface area (Å²) in [6, 6.07) is 5.02. The van der Waals surface area contributed by atoms with E-state index in [1.54, 1.807) is 23.1 Å². The van der Waals surface area contributed by atoms with Crippen LogP contribution in [0.4, 0.5) is 11.4 Å². The summed E-state index contributed by atoms with van der Waals surface area (Å²) in [6.45, 7) is 8.18. The van der Waals surface area contributed by atoms with Gasteiger partial charge in [0.05, 0.1) is 22.5 Å². The lowest BCUT2D eigenvalue weighted by molar-refractivity contribution is -0.127. The number of amides is 1. The third kappa shape index (κ3) is 3.77. The van der Waals surface area contributed by atoms with Crippen LogP contribution in [0.1, 0.15) is 34.1 Å². The molecule has 1 aliphatic rings. The van der Waals surface area contributed by atoms with Crippen molar-refractivity contribution >= 4 is 27.3 Å². The highest BCUT2D eigenvalue weighted by molar-refractivity contribution is 7.92. The molecular weight excluding hydrogens is 316 g/mol. The van der Waals surface area contributed by atoms with Crippen molar-refractivity contribution in [2.24, 2.45) is 5.41 Å². The molecule has 1 heterocycles. The first-order chi connectivity index (χ1) is 10.7. The van der Waals surface area contributed by atoms with Crippen LogP contribution >= 0.6 is 0 Å². The number of hydrogen-bond donors (Lipinski definition) is 1. The van der Waals surface area contributed by atoms with E-state index >= 15 is 0 Å². The molecule has 6 nitrogen and oxygen atoms in total. The van der Waals surface area contributed by atoms with Crippen molar-refractivity contribution in [1.82, 2.24) is 0 Å². The third-order valence-corrected chi connectivity index (χ3v) is 5.22. The fourth-order valence-corrected chi connectivity index (χ4v) is 3.65. The Kier molecular flexibility index (Phi) is 4.89. The van der Waals surface area contributed by atoms with Gasteiger partial charge < -0.3 is 9.64 Å². The van der Waals surface area contributed by atoms with E-state index in [0.717, 1.165) is 0 Å². The molecule has 23 heavy (non-hydrogen) atoms. The molecule has 128 valence electrons. The van der Waals surface area contributed by atoms with Crippen LogP contribution in [0.5, 0.6) is 5.75 Å². The van der Waals surface area contributed by atoms with Gasteiger partial charge in [-0.15, -0.1) is 0 Å². The molecule has 7 heteroatoms. The van der Waals surface area contributed by atoms with Crippen LogP contribution in [0.15, 0.2) is 18.2 Å². The number of nitrogens with one attached hydrogen (secondary N) is 1. The van der Waals surface area contributed by atoms with Gasteiger partial charge in [0, 0.05) is 12.6 Å². The van der Waals surface area contributed by atoms with Crippen molar-refractivity contribution in [3.8, 4) is 5.75 Å². The summed E-state index contributed by atoms with van der Waals surface area (Å²) in [7, 11) is -3.36. The topological polar surface area (TPSA) is 75.7 Å². The van der Waals surface area contributed by atoms with Crippen LogP contribution < -0.4 is 14.4 Å². The lowest BCUT2D eigenvalue weighted by atomic mass is 9.93. The van der Waals surface area contributed by atoms with Crippen LogP contribution in [0.25, 0.3) is 0 Å². The van der Waals surface area contributed by atoms with Gasteiger partial charge in [0.2, 0.25) is 15.9 Å². The molecule has 0 aliphatic carbocycles. The predicted molar refractivity (Wildman–Crippen MR) is 91.4 cm³/mol. The molecule has 1 aromatic carbocycles. The number of anilines is 2. The van der Waals surface area contributed by atoms with Gasteiger partial charge in [-0.05, 0) is 39.3 Å². The summed E-state index contributed by atoms with van der Waals surface area (Å²) in [5, 5.41) is 0. The number of carbonyl (C=O) groups is 1. The first-order valence-electron chi connectivity index (χ1n) is 7.79. The second kappa shape index (κ2) is 6.39. The van der Waals surface area contributed by atoms with E-state index in [-0.39, 0.29) is 18.3 Å². The molecule has 1 N–H and O–H groups in total. The monoisotopic (exact) mass is 340 g/mol. The Morgan fingerprint density at radius 2 is 2.00 bits per heavy atom. The molecule has 0 aromatic heterocycles. The quantitative estimate of drug-likeness (QED) is 0.894. The van der Waals surface area contributed by atoms with Crippen molar-refractivity contribution < 1.29 is 17.9 Å². The standard InChI is InChI=1S/C16H24N2O4S/c1-5-9-23(20,21)17-12-7-8-13-14(10-12)22-11-16(3,4)15(19)18(13)6-2/h7-8,10,17H,5-6,9,11H2,1-4H3. The average molecular weight is 340 g/mol. The van der Waals surface area contributed by atoms with Gasteiger partial charge in [0.15, 0.2) is 0 Å². The largest absolute Gasteiger partial charge is 0.490 e. The molecule has 0 spiro atoms. The molecule has 0 atom stereocenters. The van der Waals surface area contributed by atoms with Gasteiger partial charge >= 0.3 is 0 Å². The van der Waals surface area contributed by atoms with Gasteiger partial charge in [0.1, 0.15) is 12.4 Å². The number of carbonyl (C=O) groups excluding carboxylic acids is 1. The zero-order valence-electron chi connectivity index (χ0n) is 14.0. The Balaban J connectivity index is 2.37. The summed E-state index contributed by atoms with van der Waals surface area (Å²) in [6.07, 6.45) is 0.545. The Labute approximate surface area is 137 Å². The zero-order chi connectivity index (χ0) is 17.3. The van der Waals surface area contributed by atoms with Crippen molar-refractivity contribution in [3.05, 3.63) is 18.2 Å². The Hall–Kier alpha value is -1.76. The number of rotatable bonds is 5. The van der Waals surface area contributed by atoms with Gasteiger partial charge in [-0.25, -0.2) is 8.42 Å². The van der Waals surface area contributed by atoms with Crippen molar-refractivity contribution in [1.29, 1.82) is 0 Å². The van der Waals surface area contributed by atoms with Crippen LogP contribution in [0, 0.1) is 5.41 Å². The highest BCUT2D eigenvalue weighted by Gasteiger charge is 2.37. The Morgan fingerprint density at radius 1 is 1.30 bits per heavy atom. The molecule has 0 saturated carbocycles. The Morgan fingerprint density at radius 3 is 2.61 bits per heavy atom. The minimum absolute atomic E-state index is 0.00179. The van der Waals surface area contributed by atoms with E-state index in [1.165, 1.54) is 0 Å². The summed E-state index contributed by atoms with van der Waals surface area (Å²) in [5.74, 6) is 0.581. The fraction of sp³-hybridized carbons (Fsp3) is 0.562. The van der Waals surface area contributed by atoms with Crippen molar-refractivity contribution in [2.45, 2.75) is 34.1 Å². The van der Waals surface area contributed by atoms with E-state index in [1.807, 2.05) is 27.7 Å². The van der Waals surface area contributed by atoms with Crippen molar-refractivity contribution in [2.75, 3.05) is 28.5 Å². The number of ether oxygens (including phenoxy) is 1. The van der Waals surface area contributed by atoms with Gasteiger partial charge in [-0.1, -0.05) is 6.92 Å². The summed E-state index contributed by atoms with van der Waals surface area (Å²) in [4.78, 5) is 14.3. The third-order valence-electron chi connectivity index (χ3n) is 3.73. The summed E-state index contributed by atoms with van der Waals surface area (Å²) < 4.78 is 32.1. The van der Waals surface area contributed by atoms with Crippen LogP contribution in [-0.4, -0.2) is 33.2 Å². The maximum Gasteiger partial charge on any atom is 0.236 e. The van der Waals surface area contributed by atoms with Gasteiger partial charge in [-0.3, -0.25) is 9.52 Å². The SMILES string of the molecule is CCCS(=O)(=O)Nc1ccc2c(c1)OCC(C)(C)C(=O)N2CC. The minimum atomic E-state index is -3.36. The lowest BCUT2D eigenvalue weighted by Gasteiger charge is -2.26. The molecule has 0 unspecified atom stereocenters. The molecule has 1 aromatic rings. The van der Waals surface area contributed by atoms with E-state index in [4.69, 9.17) is 4.74 Å². The molecule has 0 fully saturated rings. The van der Waals surface area contributed by atoms with Crippen LogP contribution in [0.2, 0.25) is 0 Å². The summed E-state index contributed by atoms with van der Waals surface area (Å²) >= 11 is 0. The van der Waals surface area contributed by atoms with Gasteiger partial charge in [-0.2, -0.15) is 0 Å². The lowest BCUT2D eigenvalue weighted by Crippen LogP contribution is -2.42. The van der Waals surface area contributed by atoms with E-state index in [2.05, 4.69) is 4.72 Å². The zero-order valence-corrected chi connectivity index (χ0v) is 14.9. The maximum atomic E-state index is 12.6. The second-order valence-electron chi connectivity index (χ2n) is 6.33. The molecule has 0 saturated heterocycles. The smallest absolute Gasteiger partial charge is 0.236 e. The molecule has 0 bridgehead atoms. The van der Waals surface area contributed by atoms with E-state index < -0.39 is 15.4 Å². The van der Waals surface area contributed by atoms with Gasteiger partial charge in [0.25, 0.3) is 0 Å². The number of nitrogens with zero attached hydrogens (tertiary/aromatic N) is 1. The van der Waals surface area contributed by atoms with Crippen LogP contribution in [0.3, 0.4) is 0 Å². The molecule has 1 amide bonds. The first kappa shape index (κ1) is 17.6. The predicted octanol–water partition coefficient (Wildman–Crippen LogP) is 2.61. The summed E-state index contributed by atoms with van der Waals surface area (Å²) in [5.41, 5.74) is 0.485. The minimum Gasteiger partial charge on any atom is -0.490 e.